The molecule has 6 nitrogen and oxygen atoms in total. The minimum atomic E-state index is -3.72. The van der Waals surface area contributed by atoms with Gasteiger partial charge in [0.05, 0.1) is 0 Å². The molecule has 1 N–H and O–H groups in total. The van der Waals surface area contributed by atoms with Crippen molar-refractivity contribution >= 4 is 13.7 Å². The van der Waals surface area contributed by atoms with Crippen molar-refractivity contribution in [2.75, 3.05) is 13.8 Å². The topological polar surface area (TPSA) is 74.2 Å². The Morgan fingerprint density at radius 2 is 1.82 bits per heavy atom. The van der Waals surface area contributed by atoms with E-state index in [0.717, 1.165) is 43.1 Å². The zero-order chi connectivity index (χ0) is 19.7. The Morgan fingerprint density at radius 1 is 1.18 bits per heavy atom. The van der Waals surface area contributed by atoms with Crippen molar-refractivity contribution in [3.05, 3.63) is 35.9 Å². The van der Waals surface area contributed by atoms with Gasteiger partial charge in [-0.1, -0.05) is 24.8 Å². The highest BCUT2D eigenvalue weighted by atomic mass is 31.2. The van der Waals surface area contributed by atoms with Gasteiger partial charge in [-0.05, 0) is 61.8 Å². The van der Waals surface area contributed by atoms with Crippen LogP contribution in [0.3, 0.4) is 0 Å². The number of ether oxygens (including phenoxy) is 1. The lowest BCUT2D eigenvalue weighted by molar-refractivity contribution is -0.645. The molecule has 2 atom stereocenters. The number of benzene rings is 1. The summed E-state index contributed by atoms with van der Waals surface area (Å²) in [5.74, 6) is 1.64. The molecule has 28 heavy (non-hydrogen) atoms. The molecule has 7 heteroatoms. The Kier molecular flexibility index (Phi) is 4.15. The van der Waals surface area contributed by atoms with Gasteiger partial charge in [0.15, 0.2) is 5.60 Å². The van der Waals surface area contributed by atoms with E-state index in [4.69, 9.17) is 19.0 Å². The molecule has 2 unspecified atom stereocenters. The van der Waals surface area contributed by atoms with Crippen LogP contribution in [0.5, 0.6) is 5.75 Å². The van der Waals surface area contributed by atoms with Gasteiger partial charge in [-0.25, -0.2) is 9.45 Å². The van der Waals surface area contributed by atoms with Crippen LogP contribution in [0, 0.1) is 23.7 Å². The maximum atomic E-state index is 11.9. The van der Waals surface area contributed by atoms with Crippen molar-refractivity contribution in [2.45, 2.75) is 43.5 Å². The maximum Gasteiger partial charge on any atom is 0.373 e. The van der Waals surface area contributed by atoms with Crippen molar-refractivity contribution in [3.8, 4) is 5.75 Å². The molecule has 4 aliphatic carbocycles. The molecule has 1 aromatic rings. The fraction of sp³-hybridized carbons (Fsp3) is 0.619. The molecule has 1 aromatic carbocycles. The van der Waals surface area contributed by atoms with Crippen molar-refractivity contribution in [2.24, 2.45) is 23.7 Å². The van der Waals surface area contributed by atoms with E-state index in [9.17, 15) is 9.46 Å². The second-order valence-corrected chi connectivity index (χ2v) is 10.7. The summed E-state index contributed by atoms with van der Waals surface area (Å²) in [4.78, 5) is 21.5. The van der Waals surface area contributed by atoms with Crippen LogP contribution in [0.1, 0.15) is 43.2 Å². The summed E-state index contributed by atoms with van der Waals surface area (Å²) in [6.07, 6.45) is 7.54. The lowest BCUT2D eigenvalue weighted by Crippen LogP contribution is -2.76. The van der Waals surface area contributed by atoms with E-state index in [-0.39, 0.29) is 0 Å². The monoisotopic (exact) mass is 406 g/mol. The van der Waals surface area contributed by atoms with Crippen molar-refractivity contribution in [1.82, 2.24) is 0 Å². The van der Waals surface area contributed by atoms with Crippen molar-refractivity contribution in [1.29, 1.82) is 0 Å². The fourth-order valence-electron chi connectivity index (χ4n) is 6.53. The summed E-state index contributed by atoms with van der Waals surface area (Å²) in [5.41, 5.74) is 0.894. The first-order valence-electron chi connectivity index (χ1n) is 10.00. The number of methoxy groups -OCH3 is 1. The van der Waals surface area contributed by atoms with E-state index < -0.39 is 19.0 Å². The minimum Gasteiger partial charge on any atom is -0.424 e. The van der Waals surface area contributed by atoms with Crippen molar-refractivity contribution < 1.29 is 28.5 Å². The normalized spacial score (nSPS) is 42.8. The van der Waals surface area contributed by atoms with Gasteiger partial charge in [-0.15, -0.1) is 0 Å². The Bertz CT molecular complexity index is 828. The predicted octanol–water partition coefficient (Wildman–Crippen LogP) is 4.48. The van der Waals surface area contributed by atoms with Crippen LogP contribution in [0.2, 0.25) is 0 Å². The zero-order valence-electron chi connectivity index (χ0n) is 16.3. The number of hydrogen-bond acceptors (Lipinski definition) is 5. The second kappa shape index (κ2) is 6.16. The van der Waals surface area contributed by atoms with Crippen molar-refractivity contribution in [3.63, 3.8) is 0 Å². The molecule has 152 valence electrons. The highest BCUT2D eigenvalue weighted by Crippen LogP contribution is 2.69. The third kappa shape index (κ3) is 2.45. The molecule has 1 aliphatic heterocycles. The molecular formula is C21H27O6P. The van der Waals surface area contributed by atoms with Crippen LogP contribution in [-0.2, 0) is 24.9 Å². The number of hydrogen-bond donors (Lipinski definition) is 1. The lowest BCUT2D eigenvalue weighted by atomic mass is 9.47. The van der Waals surface area contributed by atoms with Gasteiger partial charge < -0.3 is 14.2 Å². The Balaban J connectivity index is 1.59. The quantitative estimate of drug-likeness (QED) is 0.574. The molecule has 0 aromatic heterocycles. The first-order valence-corrected chi connectivity index (χ1v) is 12.0. The first-order chi connectivity index (χ1) is 13.3. The summed E-state index contributed by atoms with van der Waals surface area (Å²) in [7, 11) is -2.07. The highest BCUT2D eigenvalue weighted by Gasteiger charge is 2.76. The van der Waals surface area contributed by atoms with Gasteiger partial charge in [0.1, 0.15) is 5.75 Å². The average Bonchev–Trinajstić information content (AvgIpc) is 2.60. The summed E-state index contributed by atoms with van der Waals surface area (Å²) >= 11 is 0. The molecule has 1 saturated heterocycles. The minimum absolute atomic E-state index is 0.298. The number of rotatable bonds is 5. The Labute approximate surface area is 165 Å². The van der Waals surface area contributed by atoms with Gasteiger partial charge in [-0.2, -0.15) is 4.89 Å². The summed E-state index contributed by atoms with van der Waals surface area (Å²) in [5, 5.41) is 0. The maximum absolute atomic E-state index is 11.9. The molecular weight excluding hydrogens is 379 g/mol. The molecule has 1 spiro atoms. The largest absolute Gasteiger partial charge is 0.424 e. The van der Waals surface area contributed by atoms with Gasteiger partial charge in [0.2, 0.25) is 0 Å². The standard InChI is InChI=1S/C21H27O6P/c1-4-15-5-6-16(12-19(15)25-28(3,22)23)21(24-2)20(26-27-21)17-8-13-7-14(10-17)11-18(20)9-13/h4-6,12-14,17-18H,1,7-11H2,2-3H3,(H,22,23). The molecule has 4 bridgehead atoms. The van der Waals surface area contributed by atoms with Crippen LogP contribution in [0.4, 0.5) is 0 Å². The molecule has 1 heterocycles. The highest BCUT2D eigenvalue weighted by molar-refractivity contribution is 7.52. The Hall–Kier alpha value is -1.17. The molecule has 5 aliphatic rings. The van der Waals surface area contributed by atoms with Crippen LogP contribution < -0.4 is 4.52 Å². The van der Waals surface area contributed by atoms with Crippen LogP contribution >= 0.6 is 7.60 Å². The average molecular weight is 406 g/mol. The third-order valence-corrected chi connectivity index (χ3v) is 7.87. The van der Waals surface area contributed by atoms with E-state index in [2.05, 4.69) is 6.58 Å². The van der Waals surface area contributed by atoms with E-state index in [1.165, 1.54) is 13.1 Å². The van der Waals surface area contributed by atoms with Crippen LogP contribution in [0.15, 0.2) is 24.8 Å². The molecule has 5 fully saturated rings. The van der Waals surface area contributed by atoms with E-state index in [1.54, 1.807) is 19.3 Å². The van der Waals surface area contributed by atoms with Crippen LogP contribution in [-0.4, -0.2) is 24.3 Å². The predicted molar refractivity (Wildman–Crippen MR) is 104 cm³/mol. The summed E-state index contributed by atoms with van der Waals surface area (Å²) in [6, 6.07) is 5.47. The fourth-order valence-corrected chi connectivity index (χ4v) is 7.05. The third-order valence-electron chi connectivity index (χ3n) is 7.33. The van der Waals surface area contributed by atoms with Gasteiger partial charge >= 0.3 is 7.60 Å². The molecule has 6 rings (SSSR count). The Morgan fingerprint density at radius 3 is 2.29 bits per heavy atom. The summed E-state index contributed by atoms with van der Waals surface area (Å²) < 4.78 is 23.3. The molecule has 4 saturated carbocycles. The molecule has 0 radical (unpaired) electrons. The second-order valence-electron chi connectivity index (χ2n) is 8.94. The van der Waals surface area contributed by atoms with E-state index >= 15 is 0 Å². The van der Waals surface area contributed by atoms with Gasteiger partial charge in [0, 0.05) is 24.9 Å². The van der Waals surface area contributed by atoms with E-state index in [1.807, 2.05) is 12.1 Å². The van der Waals surface area contributed by atoms with Gasteiger partial charge in [-0.3, -0.25) is 0 Å². The summed E-state index contributed by atoms with van der Waals surface area (Å²) in [6.45, 7) is 4.94. The smallest absolute Gasteiger partial charge is 0.373 e. The lowest BCUT2D eigenvalue weighted by Gasteiger charge is -2.68. The first kappa shape index (κ1) is 18.8. The van der Waals surface area contributed by atoms with Crippen LogP contribution in [0.25, 0.3) is 6.08 Å². The SMILES string of the molecule is C=Cc1ccc(C2(OC)OOC23C2CC4CC(C2)CC3C4)cc1OP(C)(=O)O. The van der Waals surface area contributed by atoms with Gasteiger partial charge in [0.25, 0.3) is 5.79 Å². The molecule has 0 amide bonds. The zero-order valence-corrected chi connectivity index (χ0v) is 17.2. The van der Waals surface area contributed by atoms with E-state index in [0.29, 0.717) is 23.1 Å².